The van der Waals surface area contributed by atoms with Crippen LogP contribution in [0.3, 0.4) is 0 Å². The summed E-state index contributed by atoms with van der Waals surface area (Å²) >= 11 is 10.8. The summed E-state index contributed by atoms with van der Waals surface area (Å²) in [7, 11) is 1.76. The Bertz CT molecular complexity index is 288. The van der Waals surface area contributed by atoms with Gasteiger partial charge in [-0.05, 0) is 12.1 Å². The fraction of sp³-hybridized carbons (Fsp3) is 0.125. The van der Waals surface area contributed by atoms with E-state index in [0.29, 0.717) is 10.0 Å². The third-order valence-electron chi connectivity index (χ3n) is 1.33. The number of thiocarbonyl (C=S) groups is 1. The molecule has 0 saturated carbocycles. The summed E-state index contributed by atoms with van der Waals surface area (Å²) in [5, 5.41) is 0.688. The van der Waals surface area contributed by atoms with E-state index in [0.717, 1.165) is 5.56 Å². The standard InChI is InChI=1S/C8H9ClN2S/c1-10-11-8(12)6-3-2-4-7(9)5-6/h2-5,10H,1H3,(H,11,12). The lowest BCUT2D eigenvalue weighted by Crippen LogP contribution is -2.33. The Hall–Kier alpha value is -0.640. The SMILES string of the molecule is CNNC(=S)c1cccc(Cl)c1. The molecule has 1 rings (SSSR count). The molecule has 0 aromatic heterocycles. The van der Waals surface area contributed by atoms with Crippen molar-refractivity contribution < 1.29 is 0 Å². The first-order chi connectivity index (χ1) is 5.74. The minimum Gasteiger partial charge on any atom is -0.312 e. The van der Waals surface area contributed by atoms with Crippen molar-refractivity contribution in [1.29, 1.82) is 0 Å². The first-order valence-electron chi connectivity index (χ1n) is 3.46. The van der Waals surface area contributed by atoms with Crippen molar-refractivity contribution in [1.82, 2.24) is 10.9 Å². The Morgan fingerprint density at radius 2 is 2.25 bits per heavy atom. The van der Waals surface area contributed by atoms with E-state index in [2.05, 4.69) is 10.9 Å². The van der Waals surface area contributed by atoms with Gasteiger partial charge in [0.2, 0.25) is 0 Å². The zero-order valence-electron chi connectivity index (χ0n) is 6.60. The highest BCUT2D eigenvalue weighted by molar-refractivity contribution is 7.80. The maximum atomic E-state index is 5.78. The van der Waals surface area contributed by atoms with Crippen LogP contribution in [-0.2, 0) is 0 Å². The van der Waals surface area contributed by atoms with Crippen LogP contribution in [-0.4, -0.2) is 12.0 Å². The molecule has 2 N–H and O–H groups in total. The normalized spacial score (nSPS) is 9.50. The number of hydrazine groups is 1. The molecule has 0 aliphatic rings. The van der Waals surface area contributed by atoms with Crippen molar-refractivity contribution in [2.24, 2.45) is 0 Å². The van der Waals surface area contributed by atoms with Crippen molar-refractivity contribution in [3.8, 4) is 0 Å². The van der Waals surface area contributed by atoms with Crippen molar-refractivity contribution >= 4 is 28.8 Å². The molecule has 64 valence electrons. The third-order valence-corrected chi connectivity index (χ3v) is 1.90. The van der Waals surface area contributed by atoms with Crippen molar-refractivity contribution in [2.45, 2.75) is 0 Å². The van der Waals surface area contributed by atoms with Gasteiger partial charge in [0.05, 0.1) is 0 Å². The number of rotatable bonds is 2. The zero-order valence-corrected chi connectivity index (χ0v) is 8.17. The first kappa shape index (κ1) is 9.45. The molecule has 0 unspecified atom stereocenters. The van der Waals surface area contributed by atoms with E-state index in [4.69, 9.17) is 23.8 Å². The first-order valence-corrected chi connectivity index (χ1v) is 4.25. The van der Waals surface area contributed by atoms with Gasteiger partial charge >= 0.3 is 0 Å². The van der Waals surface area contributed by atoms with Crippen LogP contribution in [0.25, 0.3) is 0 Å². The maximum Gasteiger partial charge on any atom is 0.120 e. The van der Waals surface area contributed by atoms with E-state index < -0.39 is 0 Å². The van der Waals surface area contributed by atoms with Gasteiger partial charge in [-0.2, -0.15) is 0 Å². The Morgan fingerprint density at radius 1 is 1.50 bits per heavy atom. The zero-order chi connectivity index (χ0) is 8.97. The molecule has 4 heteroatoms. The molecule has 0 saturated heterocycles. The fourth-order valence-corrected chi connectivity index (χ4v) is 1.23. The molecule has 0 fully saturated rings. The molecule has 1 aromatic carbocycles. The second-order valence-electron chi connectivity index (χ2n) is 2.21. The summed E-state index contributed by atoms with van der Waals surface area (Å²) in [6.45, 7) is 0. The summed E-state index contributed by atoms with van der Waals surface area (Å²) < 4.78 is 0. The lowest BCUT2D eigenvalue weighted by atomic mass is 10.2. The van der Waals surface area contributed by atoms with E-state index in [1.807, 2.05) is 24.3 Å². The van der Waals surface area contributed by atoms with E-state index in [-0.39, 0.29) is 0 Å². The topological polar surface area (TPSA) is 24.1 Å². The lowest BCUT2D eigenvalue weighted by molar-refractivity contribution is 0.778. The molecule has 0 heterocycles. The van der Waals surface area contributed by atoms with Gasteiger partial charge in [-0.1, -0.05) is 36.0 Å². The Kier molecular flexibility index (Phi) is 3.47. The van der Waals surface area contributed by atoms with Crippen molar-refractivity contribution in [3.63, 3.8) is 0 Å². The highest BCUT2D eigenvalue weighted by Gasteiger charge is 1.98. The molecule has 1 aromatic rings. The largest absolute Gasteiger partial charge is 0.312 e. The predicted octanol–water partition coefficient (Wildman–Crippen LogP) is 1.74. The molecule has 0 radical (unpaired) electrons. The van der Waals surface area contributed by atoms with E-state index in [9.17, 15) is 0 Å². The maximum absolute atomic E-state index is 5.78. The molecule has 0 atom stereocenters. The van der Waals surface area contributed by atoms with Crippen LogP contribution in [0.1, 0.15) is 5.56 Å². The predicted molar refractivity (Wildman–Crippen MR) is 55.3 cm³/mol. The summed E-state index contributed by atoms with van der Waals surface area (Å²) in [6, 6.07) is 7.39. The Morgan fingerprint density at radius 3 is 2.83 bits per heavy atom. The van der Waals surface area contributed by atoms with E-state index in [1.165, 1.54) is 0 Å². The average molecular weight is 201 g/mol. The van der Waals surface area contributed by atoms with Crippen LogP contribution in [0.2, 0.25) is 5.02 Å². The van der Waals surface area contributed by atoms with Gasteiger partial charge in [0.15, 0.2) is 0 Å². The van der Waals surface area contributed by atoms with Gasteiger partial charge in [-0.25, -0.2) is 5.43 Å². The molecule has 12 heavy (non-hydrogen) atoms. The summed E-state index contributed by atoms with van der Waals surface area (Å²) in [6.07, 6.45) is 0. The monoisotopic (exact) mass is 200 g/mol. The van der Waals surface area contributed by atoms with Crippen molar-refractivity contribution in [3.05, 3.63) is 34.9 Å². The van der Waals surface area contributed by atoms with Gasteiger partial charge in [0, 0.05) is 17.6 Å². The average Bonchev–Trinajstić information content (AvgIpc) is 2.05. The van der Waals surface area contributed by atoms with E-state index >= 15 is 0 Å². The molecular formula is C8H9ClN2S. The number of hydrogen-bond donors (Lipinski definition) is 2. The summed E-state index contributed by atoms with van der Waals surface area (Å²) in [4.78, 5) is 0.639. The third kappa shape index (κ3) is 2.44. The van der Waals surface area contributed by atoms with Crippen LogP contribution in [0.5, 0.6) is 0 Å². The quantitative estimate of drug-likeness (QED) is 0.562. The van der Waals surface area contributed by atoms with Gasteiger partial charge in [0.1, 0.15) is 4.99 Å². The van der Waals surface area contributed by atoms with Crippen molar-refractivity contribution in [2.75, 3.05) is 7.05 Å². The van der Waals surface area contributed by atoms with Crippen LogP contribution < -0.4 is 10.9 Å². The second kappa shape index (κ2) is 4.40. The summed E-state index contributed by atoms with van der Waals surface area (Å²) in [5.74, 6) is 0. The number of hydrogen-bond acceptors (Lipinski definition) is 2. The van der Waals surface area contributed by atoms with Gasteiger partial charge in [-0.15, -0.1) is 0 Å². The molecule has 0 bridgehead atoms. The Labute approximate surface area is 81.9 Å². The van der Waals surface area contributed by atoms with Gasteiger partial charge in [0.25, 0.3) is 0 Å². The minimum atomic E-state index is 0.639. The van der Waals surface area contributed by atoms with E-state index in [1.54, 1.807) is 7.05 Å². The lowest BCUT2D eigenvalue weighted by Gasteiger charge is -2.05. The van der Waals surface area contributed by atoms with Gasteiger partial charge < -0.3 is 5.43 Å². The van der Waals surface area contributed by atoms with Gasteiger partial charge in [-0.3, -0.25) is 0 Å². The molecular weight excluding hydrogens is 192 g/mol. The highest BCUT2D eigenvalue weighted by Crippen LogP contribution is 2.10. The van der Waals surface area contributed by atoms with Crippen LogP contribution in [0.4, 0.5) is 0 Å². The molecule has 0 aliphatic carbocycles. The van der Waals surface area contributed by atoms with Crippen LogP contribution >= 0.6 is 23.8 Å². The number of halogens is 1. The molecule has 0 amide bonds. The second-order valence-corrected chi connectivity index (χ2v) is 3.06. The number of benzene rings is 1. The molecule has 0 spiro atoms. The molecule has 0 aliphatic heterocycles. The minimum absolute atomic E-state index is 0.639. The van der Waals surface area contributed by atoms with Crippen LogP contribution in [0, 0.1) is 0 Å². The highest BCUT2D eigenvalue weighted by atomic mass is 35.5. The smallest absolute Gasteiger partial charge is 0.120 e. The molecule has 2 nitrogen and oxygen atoms in total. The Balaban J connectivity index is 2.81. The summed E-state index contributed by atoms with van der Waals surface area (Å²) in [5.41, 5.74) is 6.47. The fourth-order valence-electron chi connectivity index (χ4n) is 0.815. The number of nitrogens with one attached hydrogen (secondary N) is 2. The van der Waals surface area contributed by atoms with Crippen LogP contribution in [0.15, 0.2) is 24.3 Å².